The molecule has 2 saturated carbocycles. The molecule has 0 saturated heterocycles. The van der Waals surface area contributed by atoms with Crippen LogP contribution in [0.5, 0.6) is 5.75 Å². The molecule has 3 atom stereocenters. The number of fused-ring (bicyclic) bond motifs is 2. The van der Waals surface area contributed by atoms with E-state index in [2.05, 4.69) is 13.8 Å². The Morgan fingerprint density at radius 2 is 1.95 bits per heavy atom. The van der Waals surface area contributed by atoms with Crippen molar-refractivity contribution in [1.29, 1.82) is 0 Å². The van der Waals surface area contributed by atoms with E-state index in [1.807, 2.05) is 0 Å². The number of benzene rings is 1. The van der Waals surface area contributed by atoms with Gasteiger partial charge in [0.05, 0.1) is 5.56 Å². The van der Waals surface area contributed by atoms with Crippen molar-refractivity contribution < 1.29 is 14.6 Å². The van der Waals surface area contributed by atoms with Crippen molar-refractivity contribution in [1.82, 2.24) is 0 Å². The van der Waals surface area contributed by atoms with Crippen LogP contribution in [0, 0.1) is 17.3 Å². The van der Waals surface area contributed by atoms with E-state index in [9.17, 15) is 9.90 Å². The Kier molecular flexibility index (Phi) is 2.80. The summed E-state index contributed by atoms with van der Waals surface area (Å²) in [6.45, 7) is 4.43. The normalized spacial score (nSPS) is 31.4. The number of phenolic OH excluding ortho intramolecular Hbond substituents is 1. The van der Waals surface area contributed by atoms with Crippen molar-refractivity contribution in [2.45, 2.75) is 39.2 Å². The lowest BCUT2D eigenvalue weighted by atomic mass is 9.74. The first-order valence-corrected chi connectivity index (χ1v) is 6.98. The fraction of sp³-hybridized carbons (Fsp3) is 0.562. The number of esters is 1. The number of rotatable bonds is 2. The van der Waals surface area contributed by atoms with Gasteiger partial charge in [0.15, 0.2) is 0 Å². The monoisotopic (exact) mass is 260 g/mol. The first kappa shape index (κ1) is 12.5. The van der Waals surface area contributed by atoms with Crippen LogP contribution in [0.15, 0.2) is 24.3 Å². The zero-order valence-corrected chi connectivity index (χ0v) is 11.4. The van der Waals surface area contributed by atoms with Gasteiger partial charge in [-0.2, -0.15) is 0 Å². The second-order valence-electron chi connectivity index (χ2n) is 6.46. The Labute approximate surface area is 113 Å². The summed E-state index contributed by atoms with van der Waals surface area (Å²) in [4.78, 5) is 12.2. The van der Waals surface area contributed by atoms with Crippen LogP contribution in [0.2, 0.25) is 0 Å². The SMILES string of the molecule is CC1(C)[C@@H]2CC[C@@H](C2)[C@@H]1OC(=O)c1ccc(O)cc1. The molecule has 3 heteroatoms. The molecule has 19 heavy (non-hydrogen) atoms. The lowest BCUT2D eigenvalue weighted by Crippen LogP contribution is -2.39. The van der Waals surface area contributed by atoms with Gasteiger partial charge < -0.3 is 9.84 Å². The molecule has 0 amide bonds. The molecule has 3 rings (SSSR count). The van der Waals surface area contributed by atoms with Crippen LogP contribution in [-0.2, 0) is 4.74 Å². The first-order valence-electron chi connectivity index (χ1n) is 6.98. The predicted molar refractivity (Wildman–Crippen MR) is 71.9 cm³/mol. The van der Waals surface area contributed by atoms with E-state index in [-0.39, 0.29) is 23.2 Å². The van der Waals surface area contributed by atoms with Gasteiger partial charge in [-0.1, -0.05) is 13.8 Å². The lowest BCUT2D eigenvalue weighted by Gasteiger charge is -2.37. The minimum absolute atomic E-state index is 0.0348. The highest BCUT2D eigenvalue weighted by Gasteiger charge is 2.54. The summed E-state index contributed by atoms with van der Waals surface area (Å²) in [5, 5.41) is 9.24. The Morgan fingerprint density at radius 3 is 2.53 bits per heavy atom. The minimum atomic E-state index is -0.273. The smallest absolute Gasteiger partial charge is 0.338 e. The molecule has 1 aromatic rings. The van der Waals surface area contributed by atoms with E-state index in [1.54, 1.807) is 12.1 Å². The molecular weight excluding hydrogens is 240 g/mol. The second-order valence-corrected chi connectivity index (χ2v) is 6.46. The largest absolute Gasteiger partial charge is 0.508 e. The van der Waals surface area contributed by atoms with Crippen molar-refractivity contribution in [3.05, 3.63) is 29.8 Å². The van der Waals surface area contributed by atoms with Gasteiger partial charge in [-0.3, -0.25) is 0 Å². The zero-order chi connectivity index (χ0) is 13.6. The number of hydrogen-bond acceptors (Lipinski definition) is 3. The Balaban J connectivity index is 1.75. The summed E-state index contributed by atoms with van der Waals surface area (Å²) < 4.78 is 5.77. The fourth-order valence-electron chi connectivity index (χ4n) is 3.84. The zero-order valence-electron chi connectivity index (χ0n) is 11.4. The predicted octanol–water partition coefficient (Wildman–Crippen LogP) is 3.37. The Bertz CT molecular complexity index is 489. The molecular formula is C16H20O3. The molecule has 0 heterocycles. The van der Waals surface area contributed by atoms with Crippen LogP contribution in [0.3, 0.4) is 0 Å². The van der Waals surface area contributed by atoms with Crippen LogP contribution in [0.1, 0.15) is 43.5 Å². The highest BCUT2D eigenvalue weighted by atomic mass is 16.5. The number of aromatic hydroxyl groups is 1. The van der Waals surface area contributed by atoms with Gasteiger partial charge in [-0.05, 0) is 55.4 Å². The van der Waals surface area contributed by atoms with Crippen LogP contribution in [0.25, 0.3) is 0 Å². The summed E-state index contributed by atoms with van der Waals surface area (Å²) in [6, 6.07) is 6.25. The quantitative estimate of drug-likeness (QED) is 0.829. The van der Waals surface area contributed by atoms with E-state index in [0.29, 0.717) is 17.4 Å². The topological polar surface area (TPSA) is 46.5 Å². The number of hydrogen-bond donors (Lipinski definition) is 1. The molecule has 0 aromatic heterocycles. The van der Waals surface area contributed by atoms with Crippen LogP contribution < -0.4 is 0 Å². The van der Waals surface area contributed by atoms with Gasteiger partial charge in [0, 0.05) is 5.41 Å². The van der Waals surface area contributed by atoms with E-state index < -0.39 is 0 Å². The third kappa shape index (κ3) is 2.01. The average Bonchev–Trinajstić information content (AvgIpc) is 2.92. The number of phenols is 1. The molecule has 0 aliphatic heterocycles. The first-order chi connectivity index (χ1) is 8.98. The molecule has 2 aliphatic rings. The summed E-state index contributed by atoms with van der Waals surface area (Å²) in [5.74, 6) is 1.11. The molecule has 1 N–H and O–H groups in total. The van der Waals surface area contributed by atoms with Gasteiger partial charge in [0.2, 0.25) is 0 Å². The van der Waals surface area contributed by atoms with Crippen molar-refractivity contribution in [3.63, 3.8) is 0 Å². The van der Waals surface area contributed by atoms with Crippen molar-refractivity contribution in [3.8, 4) is 5.75 Å². The minimum Gasteiger partial charge on any atom is -0.508 e. The standard InChI is InChI=1S/C16H20O3/c1-16(2)12-6-3-11(9-12)14(16)19-15(18)10-4-7-13(17)8-5-10/h4-5,7-8,11-12,14,17H,3,6,9H2,1-2H3/t11-,12+,14-/m0/s1. The van der Waals surface area contributed by atoms with E-state index in [4.69, 9.17) is 4.74 Å². The molecule has 0 unspecified atom stereocenters. The highest BCUT2D eigenvalue weighted by molar-refractivity contribution is 5.89. The van der Waals surface area contributed by atoms with E-state index in [0.717, 1.165) is 0 Å². The molecule has 102 valence electrons. The summed E-state index contributed by atoms with van der Waals surface area (Å²) in [5.41, 5.74) is 0.603. The Morgan fingerprint density at radius 1 is 1.26 bits per heavy atom. The molecule has 0 spiro atoms. The second kappa shape index (κ2) is 4.26. The third-order valence-electron chi connectivity index (χ3n) is 5.02. The average molecular weight is 260 g/mol. The lowest BCUT2D eigenvalue weighted by molar-refractivity contribution is -0.0320. The maximum absolute atomic E-state index is 12.2. The Hall–Kier alpha value is -1.51. The van der Waals surface area contributed by atoms with Crippen LogP contribution >= 0.6 is 0 Å². The molecule has 2 fully saturated rings. The molecule has 1 aromatic carbocycles. The van der Waals surface area contributed by atoms with Gasteiger partial charge in [0.1, 0.15) is 11.9 Å². The van der Waals surface area contributed by atoms with Crippen molar-refractivity contribution in [2.75, 3.05) is 0 Å². The summed E-state index contributed by atoms with van der Waals surface area (Å²) >= 11 is 0. The molecule has 0 radical (unpaired) electrons. The summed E-state index contributed by atoms with van der Waals surface area (Å²) in [6.07, 6.45) is 3.68. The van der Waals surface area contributed by atoms with Gasteiger partial charge in [0.25, 0.3) is 0 Å². The highest BCUT2D eigenvalue weighted by Crippen LogP contribution is 2.56. The van der Waals surface area contributed by atoms with Gasteiger partial charge in [-0.25, -0.2) is 4.79 Å². The molecule has 2 aliphatic carbocycles. The number of ether oxygens (including phenoxy) is 1. The van der Waals surface area contributed by atoms with Gasteiger partial charge >= 0.3 is 5.97 Å². The van der Waals surface area contributed by atoms with Crippen LogP contribution in [0.4, 0.5) is 0 Å². The summed E-state index contributed by atoms with van der Waals surface area (Å²) in [7, 11) is 0. The maximum Gasteiger partial charge on any atom is 0.338 e. The molecule has 3 nitrogen and oxygen atoms in total. The van der Waals surface area contributed by atoms with E-state index in [1.165, 1.54) is 31.4 Å². The molecule has 2 bridgehead atoms. The number of carbonyl (C=O) groups is 1. The third-order valence-corrected chi connectivity index (χ3v) is 5.02. The van der Waals surface area contributed by atoms with Crippen LogP contribution in [-0.4, -0.2) is 17.2 Å². The van der Waals surface area contributed by atoms with E-state index >= 15 is 0 Å². The van der Waals surface area contributed by atoms with Crippen molar-refractivity contribution >= 4 is 5.97 Å². The van der Waals surface area contributed by atoms with Crippen molar-refractivity contribution in [2.24, 2.45) is 17.3 Å². The fourth-order valence-corrected chi connectivity index (χ4v) is 3.84. The number of carbonyl (C=O) groups excluding carboxylic acids is 1. The van der Waals surface area contributed by atoms with Gasteiger partial charge in [-0.15, -0.1) is 0 Å². The maximum atomic E-state index is 12.2.